The third-order valence-electron chi connectivity index (χ3n) is 6.30. The molecule has 2 heterocycles. The van der Waals surface area contributed by atoms with Gasteiger partial charge in [-0.25, -0.2) is 4.98 Å². The number of carbonyl (C=O) groups is 1. The molecule has 0 spiro atoms. The normalized spacial score (nSPS) is 12.9. The molecule has 1 amide bonds. The molecule has 1 N–H and O–H groups in total. The summed E-state index contributed by atoms with van der Waals surface area (Å²) in [5.74, 6) is 2.20. The Kier molecular flexibility index (Phi) is 5.84. The fourth-order valence-electron chi connectivity index (χ4n) is 4.47. The number of methoxy groups -OCH3 is 1. The first-order valence-electron chi connectivity index (χ1n) is 11.2. The Morgan fingerprint density at radius 1 is 1.00 bits per heavy atom. The van der Waals surface area contributed by atoms with E-state index in [4.69, 9.17) is 9.47 Å². The number of benzene rings is 3. The van der Waals surface area contributed by atoms with Crippen molar-refractivity contribution < 1.29 is 14.3 Å². The lowest BCUT2D eigenvalue weighted by Crippen LogP contribution is -2.38. The first-order chi connectivity index (χ1) is 16.5. The molecule has 0 aliphatic carbocycles. The SMILES string of the molecule is COc1ccc(Cc2csc(NC(=O)C(C)(C)C3c4ccccc4Oc4ccccc43)n2)cc1. The summed E-state index contributed by atoms with van der Waals surface area (Å²) in [6.45, 7) is 3.97. The van der Waals surface area contributed by atoms with Crippen LogP contribution in [0.15, 0.2) is 78.2 Å². The van der Waals surface area contributed by atoms with E-state index in [2.05, 4.69) is 10.3 Å². The number of para-hydroxylation sites is 2. The topological polar surface area (TPSA) is 60.5 Å². The number of nitrogens with one attached hydrogen (secondary N) is 1. The Morgan fingerprint density at radius 3 is 2.24 bits per heavy atom. The van der Waals surface area contributed by atoms with Gasteiger partial charge in [0.2, 0.25) is 5.91 Å². The van der Waals surface area contributed by atoms with Crippen LogP contribution in [0.2, 0.25) is 0 Å². The summed E-state index contributed by atoms with van der Waals surface area (Å²) < 4.78 is 11.3. The van der Waals surface area contributed by atoms with Crippen LogP contribution in [0.25, 0.3) is 0 Å². The molecule has 6 heteroatoms. The standard InChI is InChI=1S/C28H26N2O3S/c1-28(2,25-21-8-4-6-10-23(21)33-24-11-7-5-9-22(24)25)26(31)30-27-29-19(17-34-27)16-18-12-14-20(32-3)15-13-18/h4-15,17,25H,16H2,1-3H3,(H,29,30,31). The largest absolute Gasteiger partial charge is 0.497 e. The summed E-state index contributed by atoms with van der Waals surface area (Å²) in [6, 6.07) is 23.8. The van der Waals surface area contributed by atoms with E-state index in [0.29, 0.717) is 11.6 Å². The Hall–Kier alpha value is -3.64. The van der Waals surface area contributed by atoms with Crippen LogP contribution in [-0.2, 0) is 11.2 Å². The zero-order valence-corrected chi connectivity index (χ0v) is 20.2. The number of hydrogen-bond donors (Lipinski definition) is 1. The maximum atomic E-state index is 13.6. The van der Waals surface area contributed by atoms with Crippen LogP contribution < -0.4 is 14.8 Å². The van der Waals surface area contributed by atoms with E-state index in [1.807, 2.05) is 92.0 Å². The minimum atomic E-state index is -0.738. The maximum Gasteiger partial charge on any atom is 0.232 e. The number of fused-ring (bicyclic) bond motifs is 2. The second-order valence-corrected chi connectivity index (χ2v) is 9.81. The number of thiazole rings is 1. The van der Waals surface area contributed by atoms with Crippen LogP contribution in [0, 0.1) is 5.41 Å². The summed E-state index contributed by atoms with van der Waals surface area (Å²) in [6.07, 6.45) is 0.695. The number of nitrogens with zero attached hydrogens (tertiary/aromatic N) is 1. The number of aromatic nitrogens is 1. The molecule has 1 aliphatic heterocycles. The quantitative estimate of drug-likeness (QED) is 0.343. The number of rotatable bonds is 6. The molecule has 0 radical (unpaired) electrons. The van der Waals surface area contributed by atoms with Gasteiger partial charge in [0, 0.05) is 28.8 Å². The molecular formula is C28H26N2O3S. The van der Waals surface area contributed by atoms with Crippen molar-refractivity contribution in [2.45, 2.75) is 26.2 Å². The van der Waals surface area contributed by atoms with E-state index in [-0.39, 0.29) is 11.8 Å². The summed E-state index contributed by atoms with van der Waals surface area (Å²) >= 11 is 1.45. The van der Waals surface area contributed by atoms with Gasteiger partial charge in [-0.2, -0.15) is 0 Å². The van der Waals surface area contributed by atoms with Crippen molar-refractivity contribution in [3.05, 3.63) is 101 Å². The number of carbonyl (C=O) groups excluding carboxylic acids is 1. The summed E-state index contributed by atoms with van der Waals surface area (Å²) in [5.41, 5.74) is 3.35. The molecule has 172 valence electrons. The minimum absolute atomic E-state index is 0.0747. The van der Waals surface area contributed by atoms with Gasteiger partial charge in [-0.1, -0.05) is 62.4 Å². The smallest absolute Gasteiger partial charge is 0.232 e. The zero-order valence-electron chi connectivity index (χ0n) is 19.4. The van der Waals surface area contributed by atoms with E-state index in [1.165, 1.54) is 11.3 Å². The second-order valence-electron chi connectivity index (χ2n) is 8.96. The summed E-state index contributed by atoms with van der Waals surface area (Å²) in [7, 11) is 1.66. The van der Waals surface area contributed by atoms with Crippen molar-refractivity contribution in [2.24, 2.45) is 5.41 Å². The van der Waals surface area contributed by atoms with Crippen LogP contribution in [0.1, 0.15) is 42.1 Å². The lowest BCUT2D eigenvalue weighted by molar-refractivity contribution is -0.124. The molecule has 5 rings (SSSR count). The molecule has 4 aromatic rings. The Bertz CT molecular complexity index is 1280. The van der Waals surface area contributed by atoms with Gasteiger partial charge >= 0.3 is 0 Å². The van der Waals surface area contributed by atoms with Crippen LogP contribution in [-0.4, -0.2) is 18.0 Å². The van der Waals surface area contributed by atoms with Gasteiger partial charge in [0.1, 0.15) is 17.2 Å². The van der Waals surface area contributed by atoms with E-state index in [9.17, 15) is 4.79 Å². The Morgan fingerprint density at radius 2 is 1.62 bits per heavy atom. The molecule has 5 nitrogen and oxygen atoms in total. The highest BCUT2D eigenvalue weighted by Crippen LogP contribution is 2.52. The highest BCUT2D eigenvalue weighted by atomic mass is 32.1. The fraction of sp³-hybridized carbons (Fsp3) is 0.214. The molecule has 1 aromatic heterocycles. The van der Waals surface area contributed by atoms with Crippen molar-refractivity contribution in [1.82, 2.24) is 4.98 Å². The van der Waals surface area contributed by atoms with Crippen LogP contribution in [0.4, 0.5) is 5.13 Å². The first-order valence-corrected chi connectivity index (χ1v) is 12.1. The molecular weight excluding hydrogens is 444 g/mol. The first kappa shape index (κ1) is 22.2. The van der Waals surface area contributed by atoms with Gasteiger partial charge in [0.15, 0.2) is 5.13 Å². The van der Waals surface area contributed by atoms with Gasteiger partial charge in [-0.3, -0.25) is 4.79 Å². The highest BCUT2D eigenvalue weighted by Gasteiger charge is 2.43. The maximum absolute atomic E-state index is 13.6. The Balaban J connectivity index is 1.37. The van der Waals surface area contributed by atoms with Crippen molar-refractivity contribution >= 4 is 22.4 Å². The monoisotopic (exact) mass is 470 g/mol. The highest BCUT2D eigenvalue weighted by molar-refractivity contribution is 7.13. The van der Waals surface area contributed by atoms with Gasteiger partial charge in [0.05, 0.1) is 18.2 Å². The number of amides is 1. The van der Waals surface area contributed by atoms with Crippen LogP contribution in [0.5, 0.6) is 17.2 Å². The van der Waals surface area contributed by atoms with Crippen molar-refractivity contribution in [2.75, 3.05) is 12.4 Å². The molecule has 0 atom stereocenters. The molecule has 1 aliphatic rings. The molecule has 0 fully saturated rings. The molecule has 0 saturated carbocycles. The van der Waals surface area contributed by atoms with Gasteiger partial charge < -0.3 is 14.8 Å². The summed E-state index contributed by atoms with van der Waals surface area (Å²) in [5, 5.41) is 5.67. The van der Waals surface area contributed by atoms with Gasteiger partial charge in [-0.15, -0.1) is 11.3 Å². The van der Waals surface area contributed by atoms with E-state index < -0.39 is 5.41 Å². The van der Waals surface area contributed by atoms with E-state index >= 15 is 0 Å². The second kappa shape index (κ2) is 8.95. The molecule has 3 aromatic carbocycles. The number of anilines is 1. The fourth-order valence-corrected chi connectivity index (χ4v) is 5.18. The molecule has 0 bridgehead atoms. The van der Waals surface area contributed by atoms with Crippen LogP contribution in [0.3, 0.4) is 0 Å². The predicted molar refractivity (Wildman–Crippen MR) is 135 cm³/mol. The molecule has 0 saturated heterocycles. The summed E-state index contributed by atoms with van der Waals surface area (Å²) in [4.78, 5) is 18.3. The van der Waals surface area contributed by atoms with Crippen LogP contribution >= 0.6 is 11.3 Å². The van der Waals surface area contributed by atoms with Crippen molar-refractivity contribution in [3.63, 3.8) is 0 Å². The number of ether oxygens (including phenoxy) is 2. The average Bonchev–Trinajstić information content (AvgIpc) is 3.29. The molecule has 0 unspecified atom stereocenters. The Labute approximate surface area is 203 Å². The average molecular weight is 471 g/mol. The van der Waals surface area contributed by atoms with Crippen molar-refractivity contribution in [3.8, 4) is 17.2 Å². The van der Waals surface area contributed by atoms with Gasteiger partial charge in [0.25, 0.3) is 0 Å². The third-order valence-corrected chi connectivity index (χ3v) is 7.11. The zero-order chi connectivity index (χ0) is 23.7. The lowest BCUT2D eigenvalue weighted by atomic mass is 9.69. The third kappa shape index (κ3) is 4.17. The van der Waals surface area contributed by atoms with E-state index in [0.717, 1.165) is 39.6 Å². The lowest BCUT2D eigenvalue weighted by Gasteiger charge is -2.38. The predicted octanol–water partition coefficient (Wildman–Crippen LogP) is 6.65. The van der Waals surface area contributed by atoms with Gasteiger partial charge in [-0.05, 0) is 29.8 Å². The molecule has 34 heavy (non-hydrogen) atoms. The number of hydrogen-bond acceptors (Lipinski definition) is 5. The minimum Gasteiger partial charge on any atom is -0.497 e. The van der Waals surface area contributed by atoms with E-state index in [1.54, 1.807) is 7.11 Å². The van der Waals surface area contributed by atoms with Crippen molar-refractivity contribution in [1.29, 1.82) is 0 Å².